The number of hydrogen-bond acceptors (Lipinski definition) is 6. The maximum atomic E-state index is 12.7. The second-order valence-electron chi connectivity index (χ2n) is 6.29. The van der Waals surface area contributed by atoms with Crippen molar-refractivity contribution >= 4 is 17.6 Å². The summed E-state index contributed by atoms with van der Waals surface area (Å²) in [5, 5.41) is 3.20. The van der Waals surface area contributed by atoms with E-state index in [0.717, 1.165) is 11.3 Å². The third-order valence-electron chi connectivity index (χ3n) is 4.53. The van der Waals surface area contributed by atoms with Crippen molar-refractivity contribution in [2.45, 2.75) is 13.5 Å². The molecule has 8 nitrogen and oxygen atoms in total. The summed E-state index contributed by atoms with van der Waals surface area (Å²) in [6.45, 7) is 4.24. The summed E-state index contributed by atoms with van der Waals surface area (Å²) >= 11 is 0. The van der Waals surface area contributed by atoms with Crippen LogP contribution in [0, 0.1) is 0 Å². The summed E-state index contributed by atoms with van der Waals surface area (Å²) in [7, 11) is 1.63. The smallest absolute Gasteiger partial charge is 0.272 e. The van der Waals surface area contributed by atoms with Gasteiger partial charge in [0.25, 0.3) is 5.91 Å². The van der Waals surface area contributed by atoms with Crippen LogP contribution < -0.4 is 10.1 Å². The number of nitrogens with one attached hydrogen (secondary N) is 1. The predicted molar refractivity (Wildman–Crippen MR) is 101 cm³/mol. The largest absolute Gasteiger partial charge is 0.497 e. The molecule has 0 saturated carbocycles. The van der Waals surface area contributed by atoms with Crippen LogP contribution in [0.15, 0.2) is 36.7 Å². The molecule has 0 bridgehead atoms. The minimum absolute atomic E-state index is 0.0363. The van der Waals surface area contributed by atoms with Gasteiger partial charge in [0.2, 0.25) is 5.91 Å². The van der Waals surface area contributed by atoms with E-state index in [1.54, 1.807) is 29.9 Å². The number of nitrogens with zero attached hydrogens (tertiary/aromatic N) is 4. The van der Waals surface area contributed by atoms with Crippen molar-refractivity contribution in [1.29, 1.82) is 0 Å². The zero-order chi connectivity index (χ0) is 19.2. The van der Waals surface area contributed by atoms with E-state index in [9.17, 15) is 9.59 Å². The number of piperazine rings is 1. The average Bonchev–Trinajstić information content (AvgIpc) is 2.72. The van der Waals surface area contributed by atoms with Gasteiger partial charge < -0.3 is 19.9 Å². The van der Waals surface area contributed by atoms with E-state index >= 15 is 0 Å². The summed E-state index contributed by atoms with van der Waals surface area (Å²) < 4.78 is 5.15. The van der Waals surface area contributed by atoms with E-state index in [0.29, 0.717) is 44.2 Å². The standard InChI is InChI=1S/C19H23N5O3/c1-14(25)23-7-9-24(10-8-23)19(26)17-11-18(22-13-21-17)20-12-15-3-5-16(27-2)6-4-15/h3-6,11,13H,7-10,12H2,1-2H3,(H,20,21,22). The van der Waals surface area contributed by atoms with Gasteiger partial charge in [-0.05, 0) is 17.7 Å². The van der Waals surface area contributed by atoms with Crippen molar-refractivity contribution < 1.29 is 14.3 Å². The monoisotopic (exact) mass is 369 g/mol. The number of methoxy groups -OCH3 is 1. The minimum atomic E-state index is -0.145. The number of rotatable bonds is 5. The molecule has 1 fully saturated rings. The lowest BCUT2D eigenvalue weighted by molar-refractivity contribution is -0.130. The molecule has 0 aliphatic carbocycles. The quantitative estimate of drug-likeness (QED) is 0.857. The molecule has 2 amide bonds. The van der Waals surface area contributed by atoms with Crippen molar-refractivity contribution in [2.24, 2.45) is 0 Å². The van der Waals surface area contributed by atoms with Gasteiger partial charge in [0.1, 0.15) is 23.6 Å². The third-order valence-corrected chi connectivity index (χ3v) is 4.53. The molecule has 0 unspecified atom stereocenters. The van der Waals surface area contributed by atoms with Crippen LogP contribution in [0.4, 0.5) is 5.82 Å². The van der Waals surface area contributed by atoms with Crippen LogP contribution in [0.1, 0.15) is 23.0 Å². The second-order valence-corrected chi connectivity index (χ2v) is 6.29. The first-order valence-corrected chi connectivity index (χ1v) is 8.80. The number of amides is 2. The first kappa shape index (κ1) is 18.6. The normalized spacial score (nSPS) is 14.0. The number of carbonyl (C=O) groups excluding carboxylic acids is 2. The zero-order valence-corrected chi connectivity index (χ0v) is 15.5. The first-order valence-electron chi connectivity index (χ1n) is 8.80. The molecule has 27 heavy (non-hydrogen) atoms. The van der Waals surface area contributed by atoms with E-state index in [4.69, 9.17) is 4.74 Å². The van der Waals surface area contributed by atoms with Crippen molar-refractivity contribution in [2.75, 3.05) is 38.6 Å². The molecule has 8 heteroatoms. The minimum Gasteiger partial charge on any atom is -0.497 e. The van der Waals surface area contributed by atoms with Gasteiger partial charge in [-0.3, -0.25) is 9.59 Å². The Morgan fingerprint density at radius 1 is 1.07 bits per heavy atom. The maximum absolute atomic E-state index is 12.7. The number of aromatic nitrogens is 2. The highest BCUT2D eigenvalue weighted by Gasteiger charge is 2.24. The second kappa shape index (κ2) is 8.48. The van der Waals surface area contributed by atoms with Crippen molar-refractivity contribution in [3.8, 4) is 5.75 Å². The van der Waals surface area contributed by atoms with Crippen LogP contribution in [-0.2, 0) is 11.3 Å². The van der Waals surface area contributed by atoms with Crippen LogP contribution >= 0.6 is 0 Å². The Hall–Kier alpha value is -3.16. The van der Waals surface area contributed by atoms with E-state index in [2.05, 4.69) is 15.3 Å². The van der Waals surface area contributed by atoms with Crippen molar-refractivity contribution in [3.05, 3.63) is 47.9 Å². The van der Waals surface area contributed by atoms with Gasteiger partial charge in [0.05, 0.1) is 7.11 Å². The molecule has 1 saturated heterocycles. The van der Waals surface area contributed by atoms with Crippen LogP contribution in [0.2, 0.25) is 0 Å². The summed E-state index contributed by atoms with van der Waals surface area (Å²) in [6, 6.07) is 9.38. The molecule has 2 heterocycles. The lowest BCUT2D eigenvalue weighted by Crippen LogP contribution is -2.50. The fourth-order valence-corrected chi connectivity index (χ4v) is 2.89. The average molecular weight is 369 g/mol. The third kappa shape index (κ3) is 4.72. The summed E-state index contributed by atoms with van der Waals surface area (Å²) in [5.74, 6) is 1.28. The van der Waals surface area contributed by atoms with E-state index in [1.807, 2.05) is 24.3 Å². The van der Waals surface area contributed by atoms with Crippen LogP contribution in [0.3, 0.4) is 0 Å². The highest BCUT2D eigenvalue weighted by atomic mass is 16.5. The van der Waals surface area contributed by atoms with Crippen molar-refractivity contribution in [3.63, 3.8) is 0 Å². The topological polar surface area (TPSA) is 87.7 Å². The molecule has 0 atom stereocenters. The van der Waals surface area contributed by atoms with Crippen LogP contribution in [-0.4, -0.2) is 64.9 Å². The molecule has 1 N–H and O–H groups in total. The van der Waals surface area contributed by atoms with Gasteiger partial charge >= 0.3 is 0 Å². The summed E-state index contributed by atoms with van der Waals surface area (Å²) in [5.41, 5.74) is 1.42. The molecule has 1 aliphatic rings. The molecule has 2 aromatic rings. The number of carbonyl (C=O) groups is 2. The fraction of sp³-hybridized carbons (Fsp3) is 0.368. The Labute approximate surface area is 158 Å². The Morgan fingerprint density at radius 2 is 1.74 bits per heavy atom. The summed E-state index contributed by atoms with van der Waals surface area (Å²) in [6.07, 6.45) is 1.38. The van der Waals surface area contributed by atoms with Gasteiger partial charge in [-0.2, -0.15) is 0 Å². The van der Waals surface area contributed by atoms with Crippen LogP contribution in [0.5, 0.6) is 5.75 Å². The Bertz CT molecular complexity index is 801. The lowest BCUT2D eigenvalue weighted by Gasteiger charge is -2.34. The van der Waals surface area contributed by atoms with E-state index < -0.39 is 0 Å². The zero-order valence-electron chi connectivity index (χ0n) is 15.5. The van der Waals surface area contributed by atoms with Crippen LogP contribution in [0.25, 0.3) is 0 Å². The molecule has 142 valence electrons. The first-order chi connectivity index (χ1) is 13.1. The van der Waals surface area contributed by atoms with Gasteiger partial charge in [0, 0.05) is 45.7 Å². The highest BCUT2D eigenvalue weighted by molar-refractivity contribution is 5.93. The molecule has 0 spiro atoms. The molecule has 1 aromatic carbocycles. The highest BCUT2D eigenvalue weighted by Crippen LogP contribution is 2.14. The van der Waals surface area contributed by atoms with E-state index in [-0.39, 0.29) is 11.8 Å². The van der Waals surface area contributed by atoms with E-state index in [1.165, 1.54) is 6.33 Å². The molecule has 0 radical (unpaired) electrons. The molecule has 1 aromatic heterocycles. The number of hydrogen-bond donors (Lipinski definition) is 1. The Kier molecular flexibility index (Phi) is 5.85. The number of anilines is 1. The Balaban J connectivity index is 1.59. The van der Waals surface area contributed by atoms with Crippen molar-refractivity contribution in [1.82, 2.24) is 19.8 Å². The predicted octanol–water partition coefficient (Wildman–Crippen LogP) is 1.40. The molecular formula is C19H23N5O3. The molecular weight excluding hydrogens is 346 g/mol. The Morgan fingerprint density at radius 3 is 2.37 bits per heavy atom. The summed E-state index contributed by atoms with van der Waals surface area (Å²) in [4.78, 5) is 35.8. The van der Waals surface area contributed by atoms with Gasteiger partial charge in [0.15, 0.2) is 0 Å². The molecule has 3 rings (SSSR count). The lowest BCUT2D eigenvalue weighted by atomic mass is 10.2. The number of benzene rings is 1. The fourth-order valence-electron chi connectivity index (χ4n) is 2.89. The molecule has 1 aliphatic heterocycles. The van der Waals surface area contributed by atoms with Gasteiger partial charge in [-0.1, -0.05) is 12.1 Å². The van der Waals surface area contributed by atoms with Gasteiger partial charge in [-0.25, -0.2) is 9.97 Å². The maximum Gasteiger partial charge on any atom is 0.272 e. The number of ether oxygens (including phenoxy) is 1. The SMILES string of the molecule is COc1ccc(CNc2cc(C(=O)N3CCN(C(C)=O)CC3)ncn2)cc1. The van der Waals surface area contributed by atoms with Gasteiger partial charge in [-0.15, -0.1) is 0 Å².